The Morgan fingerprint density at radius 3 is 2.22 bits per heavy atom. The number of aliphatic carboxylic acids is 1. The molecule has 1 saturated carbocycles. The van der Waals surface area contributed by atoms with Crippen LogP contribution < -0.4 is 0 Å². The van der Waals surface area contributed by atoms with Crippen molar-refractivity contribution in [3.63, 3.8) is 0 Å². The molecule has 0 saturated heterocycles. The molecule has 4 rings (SSSR count). The van der Waals surface area contributed by atoms with E-state index in [1.165, 1.54) is 12.1 Å². The molecule has 36 heavy (non-hydrogen) atoms. The molecule has 2 aromatic rings. The van der Waals surface area contributed by atoms with Crippen molar-refractivity contribution in [2.75, 3.05) is 0 Å². The van der Waals surface area contributed by atoms with Crippen molar-refractivity contribution in [2.45, 2.75) is 65.7 Å². The van der Waals surface area contributed by atoms with Crippen LogP contribution in [0.3, 0.4) is 0 Å². The Kier molecular flexibility index (Phi) is 6.36. The van der Waals surface area contributed by atoms with Gasteiger partial charge in [0.15, 0.2) is 11.6 Å². The summed E-state index contributed by atoms with van der Waals surface area (Å²) >= 11 is 0. The van der Waals surface area contributed by atoms with Gasteiger partial charge in [0.2, 0.25) is 0 Å². The second-order valence-electron chi connectivity index (χ2n) is 11.1. The highest BCUT2D eigenvalue weighted by Crippen LogP contribution is 2.54. The third kappa shape index (κ3) is 3.83. The monoisotopic (exact) mass is 490 g/mol. The fourth-order valence-corrected chi connectivity index (χ4v) is 6.37. The summed E-state index contributed by atoms with van der Waals surface area (Å²) in [4.78, 5) is 39.5. The van der Waals surface area contributed by atoms with Crippen LogP contribution >= 0.6 is 0 Å². The molecule has 190 valence electrons. The molecule has 1 fully saturated rings. The van der Waals surface area contributed by atoms with Crippen molar-refractivity contribution < 1.29 is 29.7 Å². The number of carbonyl (C=O) groups is 3. The largest absolute Gasteiger partial charge is 0.507 e. The van der Waals surface area contributed by atoms with Crippen LogP contribution in [0.5, 0.6) is 11.5 Å². The van der Waals surface area contributed by atoms with Crippen molar-refractivity contribution >= 4 is 17.5 Å². The van der Waals surface area contributed by atoms with E-state index in [1.807, 2.05) is 26.0 Å². The quantitative estimate of drug-likeness (QED) is 0.288. The molecule has 0 amide bonds. The fourth-order valence-electron chi connectivity index (χ4n) is 6.37. The molecule has 3 atom stereocenters. The van der Waals surface area contributed by atoms with Gasteiger partial charge < -0.3 is 15.3 Å². The van der Waals surface area contributed by atoms with Crippen LogP contribution in [-0.2, 0) is 11.2 Å². The lowest BCUT2D eigenvalue weighted by Gasteiger charge is -2.49. The number of allylic oxidation sites excluding steroid dienone is 1. The predicted molar refractivity (Wildman–Crippen MR) is 137 cm³/mol. The molecule has 0 aliphatic heterocycles. The van der Waals surface area contributed by atoms with Gasteiger partial charge in [-0.2, -0.15) is 0 Å². The molecular formula is C30H34O6. The third-order valence-corrected chi connectivity index (χ3v) is 8.63. The number of benzene rings is 2. The molecular weight excluding hydrogens is 456 g/mol. The molecule has 0 heterocycles. The maximum Gasteiger partial charge on any atom is 0.309 e. The van der Waals surface area contributed by atoms with Crippen molar-refractivity contribution in [3.8, 4) is 11.5 Å². The van der Waals surface area contributed by atoms with Gasteiger partial charge in [0.05, 0.1) is 16.5 Å². The SMILES string of the molecule is C=C[C@@]1(C)CCC[C@@](C)(C(=O)O)[C@H]1CCc1cc(C(C)C)cc2c1C(=O)c1c(O)ccc(O)c1C2=O. The van der Waals surface area contributed by atoms with Crippen LogP contribution in [-0.4, -0.2) is 32.9 Å². The second kappa shape index (κ2) is 8.91. The number of phenols is 2. The molecule has 0 bridgehead atoms. The molecule has 6 nitrogen and oxygen atoms in total. The first-order chi connectivity index (χ1) is 16.9. The number of carboxylic acid groups (broad SMARTS) is 1. The van der Waals surface area contributed by atoms with Gasteiger partial charge in [-0.05, 0) is 79.2 Å². The normalized spacial score (nSPS) is 25.4. The minimum atomic E-state index is -0.937. The molecule has 3 N–H and O–H groups in total. The first-order valence-electron chi connectivity index (χ1n) is 12.5. The fraction of sp³-hybridized carbons (Fsp3) is 0.433. The molecule has 0 radical (unpaired) electrons. The van der Waals surface area contributed by atoms with Crippen LogP contribution in [0.15, 0.2) is 36.9 Å². The molecule has 0 spiro atoms. The van der Waals surface area contributed by atoms with E-state index < -0.39 is 23.0 Å². The van der Waals surface area contributed by atoms with Crippen molar-refractivity contribution in [2.24, 2.45) is 16.7 Å². The summed E-state index contributed by atoms with van der Waals surface area (Å²) in [5.74, 6) is -2.67. The summed E-state index contributed by atoms with van der Waals surface area (Å²) in [7, 11) is 0. The van der Waals surface area contributed by atoms with Gasteiger partial charge in [-0.25, -0.2) is 0 Å². The molecule has 0 aromatic heterocycles. The number of hydrogen-bond acceptors (Lipinski definition) is 5. The second-order valence-corrected chi connectivity index (χ2v) is 11.1. The Balaban J connectivity index is 1.84. The Morgan fingerprint density at radius 1 is 1.06 bits per heavy atom. The number of aryl methyl sites for hydroxylation is 1. The van der Waals surface area contributed by atoms with Crippen LogP contribution in [0.2, 0.25) is 0 Å². The number of fused-ring (bicyclic) bond motifs is 2. The van der Waals surface area contributed by atoms with Crippen LogP contribution in [0.25, 0.3) is 0 Å². The van der Waals surface area contributed by atoms with Crippen LogP contribution in [0.4, 0.5) is 0 Å². The summed E-state index contributed by atoms with van der Waals surface area (Å²) in [6.07, 6.45) is 4.97. The van der Waals surface area contributed by atoms with Gasteiger partial charge in [0.25, 0.3) is 0 Å². The van der Waals surface area contributed by atoms with E-state index in [-0.39, 0.29) is 51.0 Å². The molecule has 2 aliphatic rings. The Labute approximate surface area is 211 Å². The van der Waals surface area contributed by atoms with Crippen molar-refractivity contribution in [1.29, 1.82) is 0 Å². The maximum absolute atomic E-state index is 13.7. The minimum Gasteiger partial charge on any atom is -0.507 e. The first-order valence-corrected chi connectivity index (χ1v) is 12.5. The molecule has 2 aliphatic carbocycles. The van der Waals surface area contributed by atoms with Gasteiger partial charge in [-0.15, -0.1) is 6.58 Å². The highest BCUT2D eigenvalue weighted by molar-refractivity contribution is 6.30. The zero-order valence-corrected chi connectivity index (χ0v) is 21.4. The highest BCUT2D eigenvalue weighted by atomic mass is 16.4. The lowest BCUT2D eigenvalue weighted by atomic mass is 9.54. The van der Waals surface area contributed by atoms with Gasteiger partial charge >= 0.3 is 5.97 Å². The average Bonchev–Trinajstić information content (AvgIpc) is 2.82. The Hall–Kier alpha value is -3.41. The highest BCUT2D eigenvalue weighted by Gasteiger charge is 2.51. The number of hydrogen-bond donors (Lipinski definition) is 3. The number of ketones is 2. The van der Waals surface area contributed by atoms with Gasteiger partial charge in [0.1, 0.15) is 11.5 Å². The number of carbonyl (C=O) groups excluding carboxylic acids is 2. The number of rotatable bonds is 6. The van der Waals surface area contributed by atoms with Gasteiger partial charge in [0, 0.05) is 11.1 Å². The number of carboxylic acids is 1. The third-order valence-electron chi connectivity index (χ3n) is 8.63. The summed E-state index contributed by atoms with van der Waals surface area (Å²) in [6.45, 7) is 11.9. The lowest BCUT2D eigenvalue weighted by Crippen LogP contribution is -2.47. The van der Waals surface area contributed by atoms with E-state index >= 15 is 0 Å². The molecule has 6 heteroatoms. The van der Waals surface area contributed by atoms with Crippen molar-refractivity contribution in [1.82, 2.24) is 0 Å². The van der Waals surface area contributed by atoms with Gasteiger partial charge in [-0.1, -0.05) is 39.3 Å². The minimum absolute atomic E-state index is 0.0773. The van der Waals surface area contributed by atoms with E-state index in [2.05, 4.69) is 13.5 Å². The van der Waals surface area contributed by atoms with E-state index in [9.17, 15) is 29.7 Å². The zero-order valence-electron chi connectivity index (χ0n) is 21.4. The Bertz CT molecular complexity index is 1290. The van der Waals surface area contributed by atoms with E-state index in [1.54, 1.807) is 13.0 Å². The van der Waals surface area contributed by atoms with Crippen molar-refractivity contribution in [3.05, 3.63) is 70.3 Å². The zero-order chi connectivity index (χ0) is 26.6. The van der Waals surface area contributed by atoms with Crippen LogP contribution in [0, 0.1) is 16.7 Å². The van der Waals surface area contributed by atoms with Crippen LogP contribution in [0.1, 0.15) is 102 Å². The predicted octanol–water partition coefficient (Wildman–Crippen LogP) is 6.01. The lowest BCUT2D eigenvalue weighted by molar-refractivity contribution is -0.158. The summed E-state index contributed by atoms with van der Waals surface area (Å²) in [6, 6.07) is 6.05. The number of aromatic hydroxyl groups is 2. The standard InChI is InChI=1S/C30H34O6/c1-6-29(4)12-7-13-30(5,28(35)36)22(29)11-8-17-14-18(16(2)3)15-19-23(17)27(34)25-21(32)10-9-20(31)24(25)26(19)33/h6,9-10,14-16,22,31-32H,1,7-8,11-13H2,2-5H3,(H,35,36)/t22-,29-,30+/m0/s1. The van der Waals surface area contributed by atoms with E-state index in [0.29, 0.717) is 24.8 Å². The smallest absolute Gasteiger partial charge is 0.309 e. The number of phenolic OH excluding ortho intramolecular Hbond substituents is 2. The maximum atomic E-state index is 13.7. The first kappa shape index (κ1) is 25.7. The van der Waals surface area contributed by atoms with Gasteiger partial charge in [-0.3, -0.25) is 14.4 Å². The molecule has 2 aromatic carbocycles. The summed E-state index contributed by atoms with van der Waals surface area (Å²) in [5.41, 5.74) is 0.304. The van der Waals surface area contributed by atoms with E-state index in [0.717, 1.165) is 18.4 Å². The van der Waals surface area contributed by atoms with E-state index in [4.69, 9.17) is 0 Å². The topological polar surface area (TPSA) is 112 Å². The summed E-state index contributed by atoms with van der Waals surface area (Å²) in [5, 5.41) is 31.0. The Morgan fingerprint density at radius 2 is 1.67 bits per heavy atom. The molecule has 0 unspecified atom stereocenters. The average molecular weight is 491 g/mol. The summed E-state index contributed by atoms with van der Waals surface area (Å²) < 4.78 is 0.